The number of carbonyl (C=O) groups is 1. The van der Waals surface area contributed by atoms with E-state index in [0.717, 1.165) is 10.0 Å². The lowest BCUT2D eigenvalue weighted by Crippen LogP contribution is -2.29. The molecule has 0 aliphatic carbocycles. The summed E-state index contributed by atoms with van der Waals surface area (Å²) < 4.78 is 1.04. The summed E-state index contributed by atoms with van der Waals surface area (Å²) in [5.74, 6) is -0.102. The second-order valence-electron chi connectivity index (χ2n) is 5.04. The number of likely N-dealkylation sites (N-methyl/N-ethyl adjacent to an activating group) is 1. The second kappa shape index (κ2) is 7.74. The summed E-state index contributed by atoms with van der Waals surface area (Å²) in [6.07, 6.45) is 0. The number of carbonyl (C=O) groups excluding carboxylic acids is 1. The number of hydrogen-bond donors (Lipinski definition) is 1. The largest absolute Gasteiger partial charge is 0.325 e. The summed E-state index contributed by atoms with van der Waals surface area (Å²) in [7, 11) is 1.90. The molecule has 0 saturated carbocycles. The molecule has 22 heavy (non-hydrogen) atoms. The maximum Gasteiger partial charge on any atom is 0.238 e. The molecule has 2 aromatic rings. The van der Waals surface area contributed by atoms with Gasteiger partial charge in [0.1, 0.15) is 0 Å². The molecule has 0 aromatic heterocycles. The zero-order valence-corrected chi connectivity index (χ0v) is 13.8. The van der Waals surface area contributed by atoms with Crippen LogP contribution in [-0.4, -0.2) is 24.4 Å². The van der Waals surface area contributed by atoms with Crippen LogP contribution in [-0.2, 0) is 11.3 Å². The van der Waals surface area contributed by atoms with Crippen LogP contribution in [0.3, 0.4) is 0 Å². The summed E-state index contributed by atoms with van der Waals surface area (Å²) in [6, 6.07) is 16.9. The standard InChI is InChI=1S/C17H16BrN3O/c1-21(11-13-5-7-15(18)8-6-13)12-17(22)20-16-4-2-3-14(9-16)10-19/h2-9H,11-12H2,1H3,(H,20,22). The normalized spacial score (nSPS) is 10.3. The Bertz CT molecular complexity index is 692. The van der Waals surface area contributed by atoms with Gasteiger partial charge in [0.25, 0.3) is 0 Å². The number of halogens is 1. The fourth-order valence-electron chi connectivity index (χ4n) is 2.07. The van der Waals surface area contributed by atoms with Gasteiger partial charge < -0.3 is 5.32 Å². The molecule has 0 radical (unpaired) electrons. The quantitative estimate of drug-likeness (QED) is 0.892. The van der Waals surface area contributed by atoms with E-state index in [4.69, 9.17) is 5.26 Å². The van der Waals surface area contributed by atoms with Gasteiger partial charge in [0, 0.05) is 16.7 Å². The van der Waals surface area contributed by atoms with Crippen LogP contribution in [0.1, 0.15) is 11.1 Å². The van der Waals surface area contributed by atoms with Gasteiger partial charge in [0.15, 0.2) is 0 Å². The van der Waals surface area contributed by atoms with Crippen LogP contribution in [0.5, 0.6) is 0 Å². The number of benzene rings is 2. The minimum atomic E-state index is -0.102. The van der Waals surface area contributed by atoms with E-state index in [1.165, 1.54) is 0 Å². The van der Waals surface area contributed by atoms with Gasteiger partial charge in [0.2, 0.25) is 5.91 Å². The predicted octanol–water partition coefficient (Wildman–Crippen LogP) is 3.39. The fraction of sp³-hybridized carbons (Fsp3) is 0.176. The molecule has 112 valence electrons. The molecule has 1 N–H and O–H groups in total. The molecular weight excluding hydrogens is 342 g/mol. The molecule has 0 unspecified atom stereocenters. The number of hydrogen-bond acceptors (Lipinski definition) is 3. The van der Waals surface area contributed by atoms with Crippen LogP contribution in [0, 0.1) is 11.3 Å². The summed E-state index contributed by atoms with van der Waals surface area (Å²) in [4.78, 5) is 14.0. The molecule has 4 nitrogen and oxygen atoms in total. The van der Waals surface area contributed by atoms with Crippen molar-refractivity contribution in [2.75, 3.05) is 18.9 Å². The second-order valence-corrected chi connectivity index (χ2v) is 5.96. The first kappa shape index (κ1) is 16.2. The average Bonchev–Trinajstić information content (AvgIpc) is 2.49. The molecule has 5 heteroatoms. The van der Waals surface area contributed by atoms with Gasteiger partial charge in [0.05, 0.1) is 18.2 Å². The van der Waals surface area contributed by atoms with E-state index in [-0.39, 0.29) is 12.5 Å². The highest BCUT2D eigenvalue weighted by molar-refractivity contribution is 9.10. The van der Waals surface area contributed by atoms with E-state index >= 15 is 0 Å². The highest BCUT2D eigenvalue weighted by Crippen LogP contribution is 2.12. The molecule has 0 bridgehead atoms. The number of nitrogens with one attached hydrogen (secondary N) is 1. The van der Waals surface area contributed by atoms with E-state index in [1.807, 2.05) is 36.2 Å². The molecule has 1 amide bonds. The van der Waals surface area contributed by atoms with Crippen molar-refractivity contribution in [3.63, 3.8) is 0 Å². The number of amides is 1. The van der Waals surface area contributed by atoms with Crippen molar-refractivity contribution >= 4 is 27.5 Å². The maximum atomic E-state index is 12.0. The third kappa shape index (κ3) is 4.99. The molecule has 0 saturated heterocycles. The Kier molecular flexibility index (Phi) is 5.70. The van der Waals surface area contributed by atoms with E-state index in [0.29, 0.717) is 17.8 Å². The Morgan fingerprint density at radius 1 is 1.27 bits per heavy atom. The zero-order chi connectivity index (χ0) is 15.9. The molecule has 0 heterocycles. The molecule has 0 aliphatic heterocycles. The molecule has 2 aromatic carbocycles. The van der Waals surface area contributed by atoms with Crippen LogP contribution in [0.2, 0.25) is 0 Å². The topological polar surface area (TPSA) is 56.1 Å². The molecule has 0 aliphatic rings. The van der Waals surface area contributed by atoms with E-state index < -0.39 is 0 Å². The van der Waals surface area contributed by atoms with Gasteiger partial charge in [-0.15, -0.1) is 0 Å². The van der Waals surface area contributed by atoms with Crippen LogP contribution < -0.4 is 5.32 Å². The van der Waals surface area contributed by atoms with Crippen molar-refractivity contribution in [1.82, 2.24) is 4.90 Å². The minimum Gasteiger partial charge on any atom is -0.325 e. The van der Waals surface area contributed by atoms with Gasteiger partial charge in [-0.25, -0.2) is 0 Å². The number of nitriles is 1. The third-order valence-corrected chi connectivity index (χ3v) is 3.58. The lowest BCUT2D eigenvalue weighted by atomic mass is 10.2. The van der Waals surface area contributed by atoms with Crippen LogP contribution in [0.15, 0.2) is 53.0 Å². The van der Waals surface area contributed by atoms with Crippen molar-refractivity contribution in [2.45, 2.75) is 6.54 Å². The highest BCUT2D eigenvalue weighted by Gasteiger charge is 2.08. The first-order valence-electron chi connectivity index (χ1n) is 6.80. The summed E-state index contributed by atoms with van der Waals surface area (Å²) in [5.41, 5.74) is 2.31. The fourth-order valence-corrected chi connectivity index (χ4v) is 2.33. The van der Waals surface area contributed by atoms with E-state index in [9.17, 15) is 4.79 Å². The zero-order valence-electron chi connectivity index (χ0n) is 12.2. The van der Waals surface area contributed by atoms with Crippen LogP contribution >= 0.6 is 15.9 Å². The van der Waals surface area contributed by atoms with Gasteiger partial charge in [-0.2, -0.15) is 5.26 Å². The number of anilines is 1. The highest BCUT2D eigenvalue weighted by atomic mass is 79.9. The van der Waals surface area contributed by atoms with Gasteiger partial charge in [-0.3, -0.25) is 9.69 Å². The van der Waals surface area contributed by atoms with Crippen molar-refractivity contribution in [3.8, 4) is 6.07 Å². The predicted molar refractivity (Wildman–Crippen MR) is 90.3 cm³/mol. The Morgan fingerprint density at radius 2 is 2.00 bits per heavy atom. The lowest BCUT2D eigenvalue weighted by Gasteiger charge is -2.16. The smallest absolute Gasteiger partial charge is 0.238 e. The average molecular weight is 358 g/mol. The summed E-state index contributed by atoms with van der Waals surface area (Å²) in [6.45, 7) is 0.978. The number of nitrogens with zero attached hydrogens (tertiary/aromatic N) is 2. The summed E-state index contributed by atoms with van der Waals surface area (Å²) in [5, 5.41) is 11.7. The molecule has 0 spiro atoms. The Balaban J connectivity index is 1.88. The lowest BCUT2D eigenvalue weighted by molar-refractivity contribution is -0.117. The minimum absolute atomic E-state index is 0.102. The maximum absolute atomic E-state index is 12.0. The Labute approximate surface area is 138 Å². The van der Waals surface area contributed by atoms with Crippen LogP contribution in [0.4, 0.5) is 5.69 Å². The van der Waals surface area contributed by atoms with Gasteiger partial charge >= 0.3 is 0 Å². The summed E-state index contributed by atoms with van der Waals surface area (Å²) >= 11 is 3.40. The Morgan fingerprint density at radius 3 is 2.68 bits per heavy atom. The van der Waals surface area contributed by atoms with Crippen molar-refractivity contribution in [1.29, 1.82) is 5.26 Å². The van der Waals surface area contributed by atoms with E-state index in [2.05, 4.69) is 27.3 Å². The van der Waals surface area contributed by atoms with E-state index in [1.54, 1.807) is 24.3 Å². The molecule has 2 rings (SSSR count). The van der Waals surface area contributed by atoms with Crippen molar-refractivity contribution in [3.05, 3.63) is 64.1 Å². The molecular formula is C17H16BrN3O. The first-order valence-corrected chi connectivity index (χ1v) is 7.59. The molecule has 0 atom stereocenters. The molecule has 0 fully saturated rings. The first-order chi connectivity index (χ1) is 10.6. The van der Waals surface area contributed by atoms with Crippen molar-refractivity contribution in [2.24, 2.45) is 0 Å². The van der Waals surface area contributed by atoms with Crippen LogP contribution in [0.25, 0.3) is 0 Å². The third-order valence-electron chi connectivity index (χ3n) is 3.05. The van der Waals surface area contributed by atoms with Crippen molar-refractivity contribution < 1.29 is 4.79 Å². The number of rotatable bonds is 5. The Hall–Kier alpha value is -2.16. The van der Waals surface area contributed by atoms with Gasteiger partial charge in [-0.05, 0) is 42.9 Å². The SMILES string of the molecule is CN(CC(=O)Nc1cccc(C#N)c1)Cc1ccc(Br)cc1. The monoisotopic (exact) mass is 357 g/mol. The van der Waals surface area contributed by atoms with Gasteiger partial charge in [-0.1, -0.05) is 34.1 Å².